The second-order valence-electron chi connectivity index (χ2n) is 5.29. The number of hydrogen-bond donors (Lipinski definition) is 1. The van der Waals surface area contributed by atoms with Gasteiger partial charge in [-0.1, -0.05) is 13.8 Å². The lowest BCUT2D eigenvalue weighted by atomic mass is 9.99. The van der Waals surface area contributed by atoms with E-state index in [9.17, 15) is 4.79 Å². The molecule has 0 heterocycles. The predicted octanol–water partition coefficient (Wildman–Crippen LogP) is 2.56. The van der Waals surface area contributed by atoms with Crippen molar-refractivity contribution in [3.63, 3.8) is 0 Å². The second-order valence-corrected chi connectivity index (χ2v) is 5.29. The van der Waals surface area contributed by atoms with Crippen molar-refractivity contribution in [3.8, 4) is 5.75 Å². The second kappa shape index (κ2) is 6.45. The first-order chi connectivity index (χ1) is 8.82. The third-order valence-electron chi connectivity index (χ3n) is 3.09. The molecule has 0 saturated heterocycles. The largest absolute Gasteiger partial charge is 0.493 e. The van der Waals surface area contributed by atoms with Gasteiger partial charge in [-0.2, -0.15) is 0 Å². The maximum absolute atomic E-state index is 11.5. The fourth-order valence-corrected chi connectivity index (χ4v) is 1.76. The van der Waals surface area contributed by atoms with Gasteiger partial charge in [-0.15, -0.1) is 0 Å². The van der Waals surface area contributed by atoms with Gasteiger partial charge in [0, 0.05) is 19.8 Å². The van der Waals surface area contributed by atoms with Crippen LogP contribution in [0.15, 0.2) is 12.1 Å². The summed E-state index contributed by atoms with van der Waals surface area (Å²) >= 11 is 0. The SMILES string of the molecule is Cc1cc(OCCC(=O)N(C)C)c(C(C)C)cc1N. The van der Waals surface area contributed by atoms with Crippen molar-refractivity contribution in [1.82, 2.24) is 4.90 Å². The Hall–Kier alpha value is -1.71. The summed E-state index contributed by atoms with van der Waals surface area (Å²) in [5.41, 5.74) is 8.79. The Balaban J connectivity index is 2.77. The van der Waals surface area contributed by atoms with Crippen LogP contribution in [0, 0.1) is 6.92 Å². The highest BCUT2D eigenvalue weighted by Crippen LogP contribution is 2.31. The molecule has 0 atom stereocenters. The molecule has 0 aliphatic carbocycles. The van der Waals surface area contributed by atoms with Gasteiger partial charge in [0.1, 0.15) is 5.75 Å². The van der Waals surface area contributed by atoms with E-state index < -0.39 is 0 Å². The van der Waals surface area contributed by atoms with Crippen LogP contribution in [0.4, 0.5) is 5.69 Å². The summed E-state index contributed by atoms with van der Waals surface area (Å²) in [4.78, 5) is 13.1. The summed E-state index contributed by atoms with van der Waals surface area (Å²) in [6.07, 6.45) is 0.383. The molecule has 0 radical (unpaired) electrons. The zero-order valence-electron chi connectivity index (χ0n) is 12.5. The zero-order valence-corrected chi connectivity index (χ0v) is 12.5. The van der Waals surface area contributed by atoms with Crippen molar-refractivity contribution in [2.75, 3.05) is 26.4 Å². The number of nitrogens with two attached hydrogens (primary N) is 1. The summed E-state index contributed by atoms with van der Waals surface area (Å²) < 4.78 is 5.75. The lowest BCUT2D eigenvalue weighted by Crippen LogP contribution is -2.23. The summed E-state index contributed by atoms with van der Waals surface area (Å²) in [5, 5.41) is 0. The Bertz CT molecular complexity index is 454. The number of nitrogen functional groups attached to an aromatic ring is 1. The molecular formula is C15H24N2O2. The first-order valence-electron chi connectivity index (χ1n) is 6.56. The van der Waals surface area contributed by atoms with Gasteiger partial charge in [0.05, 0.1) is 13.0 Å². The Morgan fingerprint density at radius 2 is 2.00 bits per heavy atom. The maximum atomic E-state index is 11.5. The first kappa shape index (κ1) is 15.3. The van der Waals surface area contributed by atoms with Crippen LogP contribution in [0.2, 0.25) is 0 Å². The zero-order chi connectivity index (χ0) is 14.6. The molecule has 0 aromatic heterocycles. The number of carbonyl (C=O) groups excluding carboxylic acids is 1. The molecule has 0 aliphatic rings. The van der Waals surface area contributed by atoms with Crippen LogP contribution < -0.4 is 10.5 Å². The van der Waals surface area contributed by atoms with Crippen LogP contribution in [0.1, 0.15) is 37.3 Å². The highest BCUT2D eigenvalue weighted by Gasteiger charge is 2.11. The number of nitrogens with zero attached hydrogens (tertiary/aromatic N) is 1. The van der Waals surface area contributed by atoms with Crippen LogP contribution >= 0.6 is 0 Å². The third kappa shape index (κ3) is 4.16. The highest BCUT2D eigenvalue weighted by molar-refractivity contribution is 5.75. The van der Waals surface area contributed by atoms with Crippen molar-refractivity contribution in [1.29, 1.82) is 0 Å². The maximum Gasteiger partial charge on any atom is 0.225 e. The van der Waals surface area contributed by atoms with E-state index in [2.05, 4.69) is 13.8 Å². The molecule has 1 rings (SSSR count). The third-order valence-corrected chi connectivity index (χ3v) is 3.09. The molecule has 0 fully saturated rings. The van der Waals surface area contributed by atoms with Gasteiger partial charge in [-0.25, -0.2) is 0 Å². The van der Waals surface area contributed by atoms with Crippen LogP contribution in [-0.4, -0.2) is 31.5 Å². The molecule has 0 spiro atoms. The minimum atomic E-state index is 0.0678. The van der Waals surface area contributed by atoms with Crippen LogP contribution in [0.3, 0.4) is 0 Å². The van der Waals surface area contributed by atoms with E-state index in [1.165, 1.54) is 0 Å². The molecule has 1 amide bonds. The summed E-state index contributed by atoms with van der Waals surface area (Å²) in [6, 6.07) is 3.91. The van der Waals surface area contributed by atoms with Gasteiger partial charge < -0.3 is 15.4 Å². The molecular weight excluding hydrogens is 240 g/mol. The van der Waals surface area contributed by atoms with E-state index in [1.54, 1.807) is 19.0 Å². The number of rotatable bonds is 5. The van der Waals surface area contributed by atoms with E-state index >= 15 is 0 Å². The van der Waals surface area contributed by atoms with Crippen LogP contribution in [0.25, 0.3) is 0 Å². The smallest absolute Gasteiger partial charge is 0.225 e. The van der Waals surface area contributed by atoms with E-state index in [0.29, 0.717) is 18.9 Å². The molecule has 0 aliphatic heterocycles. The van der Waals surface area contributed by atoms with Gasteiger partial charge >= 0.3 is 0 Å². The standard InChI is InChI=1S/C15H24N2O2/c1-10(2)12-9-13(16)11(3)8-14(12)19-7-6-15(18)17(4)5/h8-10H,6-7,16H2,1-5H3. The van der Waals surface area contributed by atoms with Crippen LogP contribution in [-0.2, 0) is 4.79 Å². The fourth-order valence-electron chi connectivity index (χ4n) is 1.76. The molecule has 4 nitrogen and oxygen atoms in total. The quantitative estimate of drug-likeness (QED) is 0.832. The molecule has 0 bridgehead atoms. The number of ether oxygens (including phenoxy) is 1. The minimum absolute atomic E-state index is 0.0678. The van der Waals surface area contributed by atoms with Gasteiger partial charge in [-0.05, 0) is 36.1 Å². The summed E-state index contributed by atoms with van der Waals surface area (Å²) in [7, 11) is 3.49. The van der Waals surface area contributed by atoms with Crippen molar-refractivity contribution < 1.29 is 9.53 Å². The summed E-state index contributed by atoms with van der Waals surface area (Å²) in [6.45, 7) is 6.54. The number of amides is 1. The van der Waals surface area contributed by atoms with Crippen molar-refractivity contribution in [3.05, 3.63) is 23.3 Å². The Kier molecular flexibility index (Phi) is 5.21. The molecule has 0 unspecified atom stereocenters. The van der Waals surface area contributed by atoms with Gasteiger partial charge in [-0.3, -0.25) is 4.79 Å². The molecule has 106 valence electrons. The number of aryl methyl sites for hydroxylation is 1. The Labute approximate surface area is 115 Å². The van der Waals surface area contributed by atoms with Crippen LogP contribution in [0.5, 0.6) is 5.75 Å². The average Bonchev–Trinajstić information content (AvgIpc) is 2.32. The predicted molar refractivity (Wildman–Crippen MR) is 78.5 cm³/mol. The van der Waals surface area contributed by atoms with Crippen molar-refractivity contribution in [2.24, 2.45) is 0 Å². The molecule has 19 heavy (non-hydrogen) atoms. The number of benzene rings is 1. The first-order valence-corrected chi connectivity index (χ1v) is 6.56. The fraction of sp³-hybridized carbons (Fsp3) is 0.533. The number of anilines is 1. The molecule has 2 N–H and O–H groups in total. The highest BCUT2D eigenvalue weighted by atomic mass is 16.5. The van der Waals surface area contributed by atoms with Gasteiger partial charge in [0.15, 0.2) is 0 Å². The lowest BCUT2D eigenvalue weighted by molar-refractivity contribution is -0.129. The van der Waals surface area contributed by atoms with Gasteiger partial charge in [0.2, 0.25) is 5.91 Å². The molecule has 0 saturated carbocycles. The van der Waals surface area contributed by atoms with Crippen molar-refractivity contribution >= 4 is 11.6 Å². The molecule has 4 heteroatoms. The van der Waals surface area contributed by atoms with E-state index in [-0.39, 0.29) is 5.91 Å². The minimum Gasteiger partial charge on any atom is -0.493 e. The van der Waals surface area contributed by atoms with E-state index in [4.69, 9.17) is 10.5 Å². The number of carbonyl (C=O) groups is 1. The monoisotopic (exact) mass is 264 g/mol. The van der Waals surface area contributed by atoms with E-state index in [0.717, 1.165) is 22.6 Å². The Morgan fingerprint density at radius 3 is 2.53 bits per heavy atom. The lowest BCUT2D eigenvalue weighted by Gasteiger charge is -2.17. The topological polar surface area (TPSA) is 55.6 Å². The Morgan fingerprint density at radius 1 is 1.37 bits per heavy atom. The van der Waals surface area contributed by atoms with Gasteiger partial charge in [0.25, 0.3) is 0 Å². The molecule has 1 aromatic carbocycles. The summed E-state index contributed by atoms with van der Waals surface area (Å²) in [5.74, 6) is 1.23. The normalized spacial score (nSPS) is 10.6. The van der Waals surface area contributed by atoms with E-state index in [1.807, 2.05) is 19.1 Å². The van der Waals surface area contributed by atoms with Crippen molar-refractivity contribution in [2.45, 2.75) is 33.1 Å². The molecule has 1 aromatic rings. The number of hydrogen-bond acceptors (Lipinski definition) is 3. The average molecular weight is 264 g/mol.